The fourth-order valence-electron chi connectivity index (χ4n) is 2.78. The SMILES string of the molecule is CCN(CC)C1CCc2cccc(Cl)c2C1.Cl. The van der Waals surface area contributed by atoms with Gasteiger partial charge in [-0.2, -0.15) is 0 Å². The van der Waals surface area contributed by atoms with E-state index in [2.05, 4.69) is 30.9 Å². The van der Waals surface area contributed by atoms with Gasteiger partial charge in [-0.05, 0) is 49.5 Å². The van der Waals surface area contributed by atoms with Crippen LogP contribution in [0.15, 0.2) is 18.2 Å². The van der Waals surface area contributed by atoms with Crippen molar-refractivity contribution >= 4 is 24.0 Å². The van der Waals surface area contributed by atoms with Crippen LogP contribution in [0.2, 0.25) is 5.02 Å². The van der Waals surface area contributed by atoms with Gasteiger partial charge < -0.3 is 4.90 Å². The number of fused-ring (bicyclic) bond motifs is 1. The molecule has 17 heavy (non-hydrogen) atoms. The third-order valence-corrected chi connectivity index (χ3v) is 4.09. The van der Waals surface area contributed by atoms with E-state index in [0.29, 0.717) is 6.04 Å². The van der Waals surface area contributed by atoms with Crippen LogP contribution in [-0.4, -0.2) is 24.0 Å². The Morgan fingerprint density at radius 1 is 1.29 bits per heavy atom. The van der Waals surface area contributed by atoms with Gasteiger partial charge in [-0.1, -0.05) is 37.6 Å². The maximum atomic E-state index is 6.28. The second-order valence-electron chi connectivity index (χ2n) is 4.50. The molecule has 0 saturated heterocycles. The number of benzene rings is 1. The van der Waals surface area contributed by atoms with Gasteiger partial charge >= 0.3 is 0 Å². The molecule has 1 unspecified atom stereocenters. The smallest absolute Gasteiger partial charge is 0.0441 e. The van der Waals surface area contributed by atoms with E-state index < -0.39 is 0 Å². The van der Waals surface area contributed by atoms with E-state index in [1.807, 2.05) is 6.07 Å². The third kappa shape index (κ3) is 3.15. The van der Waals surface area contributed by atoms with E-state index >= 15 is 0 Å². The predicted octanol–water partition coefficient (Wildman–Crippen LogP) is 3.96. The highest BCUT2D eigenvalue weighted by Crippen LogP contribution is 2.29. The fourth-order valence-corrected chi connectivity index (χ4v) is 3.05. The van der Waals surface area contributed by atoms with Crippen LogP contribution in [0.5, 0.6) is 0 Å². The number of hydrogen-bond donors (Lipinski definition) is 0. The zero-order valence-electron chi connectivity index (χ0n) is 10.6. The largest absolute Gasteiger partial charge is 0.301 e. The molecule has 1 aliphatic rings. The molecule has 0 bridgehead atoms. The highest BCUT2D eigenvalue weighted by Gasteiger charge is 2.23. The maximum absolute atomic E-state index is 6.28. The van der Waals surface area contributed by atoms with E-state index in [1.165, 1.54) is 24.0 Å². The molecule has 3 heteroatoms. The highest BCUT2D eigenvalue weighted by molar-refractivity contribution is 6.31. The minimum absolute atomic E-state index is 0. The highest BCUT2D eigenvalue weighted by atomic mass is 35.5. The molecule has 1 atom stereocenters. The summed E-state index contributed by atoms with van der Waals surface area (Å²) in [6, 6.07) is 6.99. The Labute approximate surface area is 116 Å². The summed E-state index contributed by atoms with van der Waals surface area (Å²) in [4.78, 5) is 2.55. The summed E-state index contributed by atoms with van der Waals surface area (Å²) in [5.41, 5.74) is 2.84. The molecule has 0 saturated carbocycles. The first-order valence-corrected chi connectivity index (χ1v) is 6.64. The lowest BCUT2D eigenvalue weighted by Gasteiger charge is -2.34. The van der Waals surface area contributed by atoms with Gasteiger partial charge in [0.1, 0.15) is 0 Å². The van der Waals surface area contributed by atoms with Gasteiger partial charge in [-0.25, -0.2) is 0 Å². The van der Waals surface area contributed by atoms with Gasteiger partial charge in [0.25, 0.3) is 0 Å². The molecule has 1 aliphatic carbocycles. The average Bonchev–Trinajstić information content (AvgIpc) is 2.32. The Morgan fingerprint density at radius 3 is 2.65 bits per heavy atom. The first-order valence-electron chi connectivity index (χ1n) is 6.26. The minimum Gasteiger partial charge on any atom is -0.301 e. The van der Waals surface area contributed by atoms with E-state index in [9.17, 15) is 0 Å². The van der Waals surface area contributed by atoms with Gasteiger partial charge in [-0.15, -0.1) is 12.4 Å². The number of halogens is 2. The quantitative estimate of drug-likeness (QED) is 0.806. The van der Waals surface area contributed by atoms with Gasteiger partial charge in [-0.3, -0.25) is 0 Å². The first-order chi connectivity index (χ1) is 7.76. The van der Waals surface area contributed by atoms with Crippen LogP contribution in [0.1, 0.15) is 31.4 Å². The molecule has 1 aromatic rings. The van der Waals surface area contributed by atoms with Gasteiger partial charge in [0.15, 0.2) is 0 Å². The fraction of sp³-hybridized carbons (Fsp3) is 0.571. The summed E-state index contributed by atoms with van der Waals surface area (Å²) in [7, 11) is 0. The van der Waals surface area contributed by atoms with E-state index in [0.717, 1.165) is 24.5 Å². The topological polar surface area (TPSA) is 3.24 Å². The minimum atomic E-state index is 0. The van der Waals surface area contributed by atoms with Crippen LogP contribution < -0.4 is 0 Å². The number of hydrogen-bond acceptors (Lipinski definition) is 1. The molecule has 0 spiro atoms. The number of likely N-dealkylation sites (N-methyl/N-ethyl adjacent to an activating group) is 1. The van der Waals surface area contributed by atoms with Crippen molar-refractivity contribution in [1.82, 2.24) is 4.90 Å². The Balaban J connectivity index is 0.00000144. The zero-order chi connectivity index (χ0) is 11.5. The van der Waals surface area contributed by atoms with E-state index in [4.69, 9.17) is 11.6 Å². The molecular formula is C14H21Cl2N. The molecule has 2 rings (SSSR count). The lowest BCUT2D eigenvalue weighted by Crippen LogP contribution is -2.39. The van der Waals surface area contributed by atoms with Crippen LogP contribution in [0.4, 0.5) is 0 Å². The van der Waals surface area contributed by atoms with Crippen molar-refractivity contribution in [3.05, 3.63) is 34.3 Å². The second kappa shape index (κ2) is 6.63. The molecule has 0 fully saturated rings. The van der Waals surface area contributed by atoms with E-state index in [1.54, 1.807) is 0 Å². The van der Waals surface area contributed by atoms with Crippen LogP contribution in [-0.2, 0) is 12.8 Å². The molecule has 0 aromatic heterocycles. The number of nitrogens with zero attached hydrogens (tertiary/aromatic N) is 1. The zero-order valence-corrected chi connectivity index (χ0v) is 12.2. The maximum Gasteiger partial charge on any atom is 0.0441 e. The lowest BCUT2D eigenvalue weighted by molar-refractivity contribution is 0.199. The molecule has 96 valence electrons. The van der Waals surface area contributed by atoms with Crippen LogP contribution in [0, 0.1) is 0 Å². The standard InChI is InChI=1S/C14H20ClN.ClH/c1-3-16(4-2)12-9-8-11-6-5-7-14(15)13(11)10-12;/h5-7,12H,3-4,8-10H2,1-2H3;1H. The Hall–Kier alpha value is -0.240. The molecule has 0 radical (unpaired) electrons. The summed E-state index contributed by atoms with van der Waals surface area (Å²) < 4.78 is 0. The molecule has 0 amide bonds. The summed E-state index contributed by atoms with van der Waals surface area (Å²) in [6.07, 6.45) is 3.57. The van der Waals surface area contributed by atoms with Gasteiger partial charge in [0, 0.05) is 11.1 Å². The predicted molar refractivity (Wildman–Crippen MR) is 77.4 cm³/mol. The molecule has 1 aromatic carbocycles. The second-order valence-corrected chi connectivity index (χ2v) is 4.90. The number of aryl methyl sites for hydroxylation is 1. The first kappa shape index (κ1) is 14.8. The van der Waals surface area contributed by atoms with Crippen molar-refractivity contribution in [3.63, 3.8) is 0 Å². The Kier molecular flexibility index (Phi) is 5.78. The summed E-state index contributed by atoms with van der Waals surface area (Å²) in [5.74, 6) is 0. The van der Waals surface area contributed by atoms with E-state index in [-0.39, 0.29) is 12.4 Å². The van der Waals surface area contributed by atoms with Crippen LogP contribution in [0.3, 0.4) is 0 Å². The summed E-state index contributed by atoms with van der Waals surface area (Å²) in [5, 5.41) is 0.953. The molecule has 0 aliphatic heterocycles. The van der Waals surface area contributed by atoms with Crippen molar-refractivity contribution in [1.29, 1.82) is 0 Å². The molecule has 0 N–H and O–H groups in total. The normalized spacial score (nSPS) is 18.7. The van der Waals surface area contributed by atoms with Crippen molar-refractivity contribution in [2.24, 2.45) is 0 Å². The third-order valence-electron chi connectivity index (χ3n) is 3.73. The lowest BCUT2D eigenvalue weighted by atomic mass is 9.87. The molecular weight excluding hydrogens is 253 g/mol. The Morgan fingerprint density at radius 2 is 2.00 bits per heavy atom. The monoisotopic (exact) mass is 273 g/mol. The van der Waals surface area contributed by atoms with Crippen molar-refractivity contribution in [3.8, 4) is 0 Å². The van der Waals surface area contributed by atoms with Crippen LogP contribution >= 0.6 is 24.0 Å². The van der Waals surface area contributed by atoms with Crippen molar-refractivity contribution < 1.29 is 0 Å². The summed E-state index contributed by atoms with van der Waals surface area (Å²) >= 11 is 6.28. The summed E-state index contributed by atoms with van der Waals surface area (Å²) in [6.45, 7) is 6.76. The Bertz CT molecular complexity index is 361. The van der Waals surface area contributed by atoms with Crippen molar-refractivity contribution in [2.75, 3.05) is 13.1 Å². The van der Waals surface area contributed by atoms with Crippen molar-refractivity contribution in [2.45, 2.75) is 39.2 Å². The molecule has 0 heterocycles. The molecule has 1 nitrogen and oxygen atoms in total. The van der Waals surface area contributed by atoms with Gasteiger partial charge in [0.2, 0.25) is 0 Å². The average molecular weight is 274 g/mol. The van der Waals surface area contributed by atoms with Gasteiger partial charge in [0.05, 0.1) is 0 Å². The number of rotatable bonds is 3. The van der Waals surface area contributed by atoms with Crippen LogP contribution in [0.25, 0.3) is 0 Å².